The van der Waals surface area contributed by atoms with Gasteiger partial charge < -0.3 is 10.6 Å². The lowest BCUT2D eigenvalue weighted by molar-refractivity contribution is -0.121. The van der Waals surface area contributed by atoms with Crippen molar-refractivity contribution in [1.29, 1.82) is 0 Å². The van der Waals surface area contributed by atoms with Gasteiger partial charge in [0.1, 0.15) is 6.04 Å². The van der Waals surface area contributed by atoms with Crippen LogP contribution in [-0.4, -0.2) is 25.0 Å². The van der Waals surface area contributed by atoms with Crippen LogP contribution in [0.1, 0.15) is 5.56 Å². The number of halogens is 1. The van der Waals surface area contributed by atoms with Gasteiger partial charge in [-0.05, 0) is 35.9 Å². The highest BCUT2D eigenvalue weighted by atomic mass is 35.5. The summed E-state index contributed by atoms with van der Waals surface area (Å²) in [7, 11) is 1.57. The maximum atomic E-state index is 12.7. The molecule has 0 saturated carbocycles. The van der Waals surface area contributed by atoms with Gasteiger partial charge in [0.05, 0.1) is 0 Å². The average molecular weight is 330 g/mol. The number of likely N-dealkylation sites (N-methyl/N-ethyl adjacent to an activating group) is 1. The standard InChI is InChI=1S/C17H16ClN3O2/c1-19-16(22)15-10-11-4-2-3-5-14(11)21(15)17(23)20-13-8-6-12(18)7-9-13/h2-9,15H,10H2,1H3,(H,19,22)(H,20,23)/t15-/m0/s1. The molecule has 5 nitrogen and oxygen atoms in total. The first-order valence-corrected chi connectivity index (χ1v) is 7.63. The van der Waals surface area contributed by atoms with Crippen molar-refractivity contribution in [3.63, 3.8) is 0 Å². The van der Waals surface area contributed by atoms with Crippen molar-refractivity contribution in [3.8, 4) is 0 Å². The Balaban J connectivity index is 1.89. The number of carbonyl (C=O) groups is 2. The topological polar surface area (TPSA) is 61.4 Å². The first kappa shape index (κ1) is 15.4. The molecule has 0 aromatic heterocycles. The van der Waals surface area contributed by atoms with E-state index in [0.717, 1.165) is 11.3 Å². The molecule has 0 fully saturated rings. The van der Waals surface area contributed by atoms with E-state index in [1.165, 1.54) is 4.90 Å². The summed E-state index contributed by atoms with van der Waals surface area (Å²) in [6.45, 7) is 0. The third-order valence-corrected chi connectivity index (χ3v) is 4.09. The molecule has 2 N–H and O–H groups in total. The molecule has 1 heterocycles. The summed E-state index contributed by atoms with van der Waals surface area (Å²) in [4.78, 5) is 26.3. The highest BCUT2D eigenvalue weighted by Crippen LogP contribution is 2.32. The van der Waals surface area contributed by atoms with Crippen LogP contribution in [0.25, 0.3) is 0 Å². The lowest BCUT2D eigenvalue weighted by atomic mass is 10.1. The fraction of sp³-hybridized carbons (Fsp3) is 0.176. The molecule has 0 bridgehead atoms. The lowest BCUT2D eigenvalue weighted by Crippen LogP contribution is -2.48. The van der Waals surface area contributed by atoms with E-state index < -0.39 is 6.04 Å². The van der Waals surface area contributed by atoms with Crippen LogP contribution in [0.4, 0.5) is 16.2 Å². The van der Waals surface area contributed by atoms with Gasteiger partial charge in [0.25, 0.3) is 0 Å². The van der Waals surface area contributed by atoms with E-state index in [0.29, 0.717) is 17.1 Å². The van der Waals surface area contributed by atoms with Crippen LogP contribution >= 0.6 is 11.6 Å². The zero-order valence-corrected chi connectivity index (χ0v) is 13.3. The van der Waals surface area contributed by atoms with E-state index in [4.69, 9.17) is 11.6 Å². The third kappa shape index (κ3) is 3.00. The van der Waals surface area contributed by atoms with E-state index in [9.17, 15) is 9.59 Å². The average Bonchev–Trinajstić information content (AvgIpc) is 2.95. The van der Waals surface area contributed by atoms with Crippen molar-refractivity contribution < 1.29 is 9.59 Å². The third-order valence-electron chi connectivity index (χ3n) is 3.84. The number of hydrogen-bond donors (Lipinski definition) is 2. The van der Waals surface area contributed by atoms with Gasteiger partial charge >= 0.3 is 6.03 Å². The van der Waals surface area contributed by atoms with Gasteiger partial charge in [-0.25, -0.2) is 4.79 Å². The van der Waals surface area contributed by atoms with Crippen molar-refractivity contribution in [2.24, 2.45) is 0 Å². The number of anilines is 2. The normalized spacial score (nSPS) is 15.9. The van der Waals surface area contributed by atoms with Crippen molar-refractivity contribution in [3.05, 3.63) is 59.1 Å². The molecular formula is C17H16ClN3O2. The molecule has 2 aromatic rings. The number of rotatable bonds is 2. The van der Waals surface area contributed by atoms with E-state index in [2.05, 4.69) is 10.6 Å². The highest BCUT2D eigenvalue weighted by Gasteiger charge is 2.37. The SMILES string of the molecule is CNC(=O)[C@@H]1Cc2ccccc2N1C(=O)Nc1ccc(Cl)cc1. The molecule has 6 heteroatoms. The molecule has 3 rings (SSSR count). The summed E-state index contributed by atoms with van der Waals surface area (Å²) in [5.41, 5.74) is 2.36. The van der Waals surface area contributed by atoms with Gasteiger partial charge in [-0.1, -0.05) is 29.8 Å². The molecule has 1 aliphatic rings. The van der Waals surface area contributed by atoms with Gasteiger partial charge in [-0.3, -0.25) is 9.69 Å². The van der Waals surface area contributed by atoms with E-state index >= 15 is 0 Å². The van der Waals surface area contributed by atoms with Gasteiger partial charge in [0.2, 0.25) is 5.91 Å². The van der Waals surface area contributed by atoms with Crippen LogP contribution in [0.2, 0.25) is 5.02 Å². The second-order valence-corrected chi connectivity index (χ2v) is 5.71. The number of nitrogens with zero attached hydrogens (tertiary/aromatic N) is 1. The molecule has 23 heavy (non-hydrogen) atoms. The molecule has 1 aliphatic heterocycles. The molecular weight excluding hydrogens is 314 g/mol. The van der Waals surface area contributed by atoms with Crippen LogP contribution in [0.5, 0.6) is 0 Å². The second-order valence-electron chi connectivity index (χ2n) is 5.27. The number of hydrogen-bond acceptors (Lipinski definition) is 2. The molecule has 1 atom stereocenters. The maximum Gasteiger partial charge on any atom is 0.327 e. The maximum absolute atomic E-state index is 12.7. The number of nitrogens with one attached hydrogen (secondary N) is 2. The summed E-state index contributed by atoms with van der Waals surface area (Å²) in [5.74, 6) is -0.188. The van der Waals surface area contributed by atoms with E-state index in [-0.39, 0.29) is 11.9 Å². The number of amides is 3. The molecule has 0 radical (unpaired) electrons. The zero-order valence-electron chi connectivity index (χ0n) is 12.5. The van der Waals surface area contributed by atoms with Crippen LogP contribution in [-0.2, 0) is 11.2 Å². The molecule has 3 amide bonds. The molecule has 0 aliphatic carbocycles. The summed E-state index contributed by atoms with van der Waals surface area (Å²) >= 11 is 5.85. The summed E-state index contributed by atoms with van der Waals surface area (Å²) < 4.78 is 0. The fourth-order valence-electron chi connectivity index (χ4n) is 2.73. The van der Waals surface area contributed by atoms with Crippen molar-refractivity contribution in [2.75, 3.05) is 17.3 Å². The number of fused-ring (bicyclic) bond motifs is 1. The van der Waals surface area contributed by atoms with Crippen LogP contribution in [0.3, 0.4) is 0 Å². The van der Waals surface area contributed by atoms with Crippen LogP contribution in [0.15, 0.2) is 48.5 Å². The minimum Gasteiger partial charge on any atom is -0.357 e. The molecule has 118 valence electrons. The Morgan fingerprint density at radius 3 is 2.52 bits per heavy atom. The minimum absolute atomic E-state index is 0.188. The van der Waals surface area contributed by atoms with Crippen LogP contribution in [0, 0.1) is 0 Å². The molecule has 0 spiro atoms. The van der Waals surface area contributed by atoms with Gasteiger partial charge in [0.15, 0.2) is 0 Å². The van der Waals surface area contributed by atoms with Gasteiger partial charge in [-0.15, -0.1) is 0 Å². The monoisotopic (exact) mass is 329 g/mol. The Kier molecular flexibility index (Phi) is 4.21. The lowest BCUT2D eigenvalue weighted by Gasteiger charge is -2.24. The molecule has 2 aromatic carbocycles. The Hall–Kier alpha value is -2.53. The molecule has 0 saturated heterocycles. The smallest absolute Gasteiger partial charge is 0.327 e. The second kappa shape index (κ2) is 6.30. The summed E-state index contributed by atoms with van der Waals surface area (Å²) in [6, 6.07) is 13.5. The first-order valence-electron chi connectivity index (χ1n) is 7.25. The fourth-order valence-corrected chi connectivity index (χ4v) is 2.86. The summed E-state index contributed by atoms with van der Waals surface area (Å²) in [6.07, 6.45) is 0.504. The number of para-hydroxylation sites is 1. The summed E-state index contributed by atoms with van der Waals surface area (Å²) in [5, 5.41) is 6.02. The van der Waals surface area contributed by atoms with Crippen LogP contribution < -0.4 is 15.5 Å². The Labute approximate surface area is 139 Å². The minimum atomic E-state index is -0.551. The number of urea groups is 1. The first-order chi connectivity index (χ1) is 11.1. The highest BCUT2D eigenvalue weighted by molar-refractivity contribution is 6.30. The quantitative estimate of drug-likeness (QED) is 0.889. The molecule has 0 unspecified atom stereocenters. The Bertz CT molecular complexity index is 746. The van der Waals surface area contributed by atoms with Crippen molar-refractivity contribution >= 4 is 34.9 Å². The van der Waals surface area contributed by atoms with Crippen molar-refractivity contribution in [2.45, 2.75) is 12.5 Å². The van der Waals surface area contributed by atoms with Gasteiger partial charge in [-0.2, -0.15) is 0 Å². The predicted molar refractivity (Wildman–Crippen MR) is 91.0 cm³/mol. The van der Waals surface area contributed by atoms with E-state index in [1.807, 2.05) is 24.3 Å². The zero-order chi connectivity index (χ0) is 16.4. The Morgan fingerprint density at radius 2 is 1.83 bits per heavy atom. The number of benzene rings is 2. The predicted octanol–water partition coefficient (Wildman–Crippen LogP) is 3.05. The van der Waals surface area contributed by atoms with Gasteiger partial charge in [0, 0.05) is 29.9 Å². The van der Waals surface area contributed by atoms with E-state index in [1.54, 1.807) is 31.3 Å². The Morgan fingerprint density at radius 1 is 1.13 bits per heavy atom. The largest absolute Gasteiger partial charge is 0.357 e. The van der Waals surface area contributed by atoms with Crippen molar-refractivity contribution in [1.82, 2.24) is 5.32 Å². The number of carbonyl (C=O) groups excluding carboxylic acids is 2.